The maximum Gasteiger partial charge on any atom is 0.336 e. The van der Waals surface area contributed by atoms with Crippen LogP contribution in [0.2, 0.25) is 0 Å². The number of hydrogen-bond donors (Lipinski definition) is 2. The number of carbonyl (C=O) groups is 2. The molecule has 0 saturated heterocycles. The van der Waals surface area contributed by atoms with Crippen molar-refractivity contribution in [3.8, 4) is 0 Å². The minimum absolute atomic E-state index is 0.102. The Balaban J connectivity index is 2.22. The molecule has 0 fully saturated rings. The zero-order valence-electron chi connectivity index (χ0n) is 9.31. The first-order chi connectivity index (χ1) is 8.97. The molecule has 98 valence electrons. The summed E-state index contributed by atoms with van der Waals surface area (Å²) in [5, 5.41) is 11.7. The zero-order chi connectivity index (χ0) is 14.0. The molecule has 0 bridgehead atoms. The molecule has 0 spiro atoms. The van der Waals surface area contributed by atoms with Crippen molar-refractivity contribution in [1.82, 2.24) is 0 Å². The molecule has 2 N–H and O–H groups in total. The van der Waals surface area contributed by atoms with Gasteiger partial charge in [0.1, 0.15) is 0 Å². The van der Waals surface area contributed by atoms with Crippen LogP contribution in [-0.2, 0) is 0 Å². The Morgan fingerprint density at radius 2 is 1.89 bits per heavy atom. The minimum Gasteiger partial charge on any atom is -0.478 e. The summed E-state index contributed by atoms with van der Waals surface area (Å²) in [6.07, 6.45) is 0. The summed E-state index contributed by atoms with van der Waals surface area (Å²) in [6, 6.07) is 8.11. The molecule has 1 aromatic heterocycles. The number of carboxylic acids is 1. The molecule has 0 radical (unpaired) electrons. The molecular weight excluding hydrogens is 398 g/mol. The summed E-state index contributed by atoms with van der Waals surface area (Å²) in [5.74, 6) is -1.32. The largest absolute Gasteiger partial charge is 0.478 e. The molecule has 0 aliphatic heterocycles. The first kappa shape index (κ1) is 14.2. The number of thiophene rings is 1. The van der Waals surface area contributed by atoms with Crippen molar-refractivity contribution in [2.24, 2.45) is 0 Å². The highest BCUT2D eigenvalue weighted by Gasteiger charge is 2.12. The first-order valence-corrected chi connectivity index (χ1v) is 7.47. The van der Waals surface area contributed by atoms with Gasteiger partial charge in [-0.2, -0.15) is 0 Å². The van der Waals surface area contributed by atoms with E-state index >= 15 is 0 Å². The second-order valence-electron chi connectivity index (χ2n) is 3.56. The molecule has 7 heteroatoms. The number of hydrogen-bond acceptors (Lipinski definition) is 3. The summed E-state index contributed by atoms with van der Waals surface area (Å²) < 4.78 is 1.33. The molecule has 0 atom stereocenters. The van der Waals surface area contributed by atoms with E-state index in [1.54, 1.807) is 24.3 Å². The highest BCUT2D eigenvalue weighted by Crippen LogP contribution is 2.24. The number of aromatic carboxylic acids is 1. The van der Waals surface area contributed by atoms with Crippen LogP contribution in [0.5, 0.6) is 0 Å². The van der Waals surface area contributed by atoms with Gasteiger partial charge < -0.3 is 10.4 Å². The normalized spacial score (nSPS) is 10.2. The van der Waals surface area contributed by atoms with Crippen LogP contribution in [0.1, 0.15) is 20.0 Å². The average Bonchev–Trinajstić information content (AvgIpc) is 2.78. The van der Waals surface area contributed by atoms with Gasteiger partial charge in [-0.05, 0) is 62.2 Å². The summed E-state index contributed by atoms with van der Waals surface area (Å²) in [5.41, 5.74) is 0.542. The third-order valence-corrected chi connectivity index (χ3v) is 4.57. The van der Waals surface area contributed by atoms with Crippen molar-refractivity contribution in [2.45, 2.75) is 0 Å². The summed E-state index contributed by atoms with van der Waals surface area (Å²) in [6.45, 7) is 0. The topological polar surface area (TPSA) is 66.4 Å². The number of rotatable bonds is 3. The van der Waals surface area contributed by atoms with Crippen LogP contribution >= 0.6 is 43.2 Å². The van der Waals surface area contributed by atoms with E-state index in [1.807, 2.05) is 0 Å². The Kier molecular flexibility index (Phi) is 4.38. The van der Waals surface area contributed by atoms with Gasteiger partial charge in [-0.3, -0.25) is 4.79 Å². The van der Waals surface area contributed by atoms with Crippen molar-refractivity contribution in [3.63, 3.8) is 0 Å². The molecular formula is C12H7Br2NO3S. The molecule has 0 unspecified atom stereocenters. The average molecular weight is 405 g/mol. The van der Waals surface area contributed by atoms with Crippen molar-refractivity contribution < 1.29 is 14.7 Å². The van der Waals surface area contributed by atoms with Gasteiger partial charge in [-0.15, -0.1) is 11.3 Å². The molecule has 2 aromatic rings. The van der Waals surface area contributed by atoms with Crippen LogP contribution < -0.4 is 5.32 Å². The zero-order valence-corrected chi connectivity index (χ0v) is 13.3. The van der Waals surface area contributed by atoms with E-state index in [9.17, 15) is 9.59 Å². The van der Waals surface area contributed by atoms with Crippen LogP contribution in [0.4, 0.5) is 5.69 Å². The Bertz CT molecular complexity index is 654. The van der Waals surface area contributed by atoms with Crippen molar-refractivity contribution in [3.05, 3.63) is 49.0 Å². The number of halogens is 2. The van der Waals surface area contributed by atoms with E-state index in [-0.39, 0.29) is 11.5 Å². The van der Waals surface area contributed by atoms with E-state index in [0.29, 0.717) is 15.0 Å². The Morgan fingerprint density at radius 3 is 2.47 bits per heavy atom. The van der Waals surface area contributed by atoms with Crippen LogP contribution in [0.15, 0.2) is 38.6 Å². The van der Waals surface area contributed by atoms with Gasteiger partial charge in [0.2, 0.25) is 0 Å². The number of benzene rings is 1. The van der Waals surface area contributed by atoms with Crippen molar-refractivity contribution in [2.75, 3.05) is 5.32 Å². The molecule has 1 aromatic carbocycles. The second-order valence-corrected chi connectivity index (χ2v) is 6.88. The molecule has 1 amide bonds. The van der Waals surface area contributed by atoms with Gasteiger partial charge in [0.15, 0.2) is 0 Å². The minimum atomic E-state index is -1.05. The fourth-order valence-electron chi connectivity index (χ4n) is 1.40. The van der Waals surface area contributed by atoms with Gasteiger partial charge in [-0.1, -0.05) is 0 Å². The highest BCUT2D eigenvalue weighted by atomic mass is 79.9. The molecule has 0 aliphatic carbocycles. The second kappa shape index (κ2) is 5.85. The molecule has 4 nitrogen and oxygen atoms in total. The standard InChI is InChI=1S/C12H7Br2NO3S/c13-8-2-1-6(5-7(8)12(17)18)15-11(16)9-3-4-10(14)19-9/h1-5H,(H,15,16)(H,17,18). The Hall–Kier alpha value is -1.18. The molecule has 1 heterocycles. The third kappa shape index (κ3) is 3.43. The maximum absolute atomic E-state index is 11.9. The Labute approximate surface area is 129 Å². The predicted molar refractivity (Wildman–Crippen MR) is 81.1 cm³/mol. The fraction of sp³-hybridized carbons (Fsp3) is 0. The van der Waals surface area contributed by atoms with Crippen molar-refractivity contribution >= 4 is 60.8 Å². The van der Waals surface area contributed by atoms with Gasteiger partial charge in [0.25, 0.3) is 5.91 Å². The lowest BCUT2D eigenvalue weighted by Crippen LogP contribution is -2.11. The van der Waals surface area contributed by atoms with Gasteiger partial charge >= 0.3 is 5.97 Å². The number of nitrogens with one attached hydrogen (secondary N) is 1. The highest BCUT2D eigenvalue weighted by molar-refractivity contribution is 9.11. The van der Waals surface area contributed by atoms with Crippen LogP contribution in [0.3, 0.4) is 0 Å². The van der Waals surface area contributed by atoms with E-state index in [1.165, 1.54) is 17.4 Å². The quantitative estimate of drug-likeness (QED) is 0.804. The SMILES string of the molecule is O=C(Nc1ccc(Br)c(C(=O)O)c1)c1ccc(Br)s1. The fourth-order valence-corrected chi connectivity index (χ4v) is 3.09. The Morgan fingerprint density at radius 1 is 1.16 bits per heavy atom. The van der Waals surface area contributed by atoms with E-state index in [2.05, 4.69) is 37.2 Å². The van der Waals surface area contributed by atoms with Gasteiger partial charge in [-0.25, -0.2) is 4.79 Å². The van der Waals surface area contributed by atoms with Crippen molar-refractivity contribution in [1.29, 1.82) is 0 Å². The molecule has 0 saturated carbocycles. The van der Waals surface area contributed by atoms with Gasteiger partial charge in [0, 0.05) is 10.2 Å². The van der Waals surface area contributed by atoms with Crippen LogP contribution in [0, 0.1) is 0 Å². The maximum atomic E-state index is 11.9. The predicted octanol–water partition coefficient (Wildman–Crippen LogP) is 4.22. The lowest BCUT2D eigenvalue weighted by Gasteiger charge is -2.06. The number of carboxylic acid groups (broad SMARTS) is 1. The summed E-state index contributed by atoms with van der Waals surface area (Å²) >= 11 is 7.74. The summed E-state index contributed by atoms with van der Waals surface area (Å²) in [4.78, 5) is 23.4. The van der Waals surface area contributed by atoms with E-state index in [0.717, 1.165) is 3.79 Å². The van der Waals surface area contributed by atoms with Gasteiger partial charge in [0.05, 0.1) is 14.2 Å². The van der Waals surface area contributed by atoms with E-state index < -0.39 is 5.97 Å². The monoisotopic (exact) mass is 403 g/mol. The van der Waals surface area contributed by atoms with Crippen LogP contribution in [-0.4, -0.2) is 17.0 Å². The van der Waals surface area contributed by atoms with E-state index in [4.69, 9.17) is 5.11 Å². The summed E-state index contributed by atoms with van der Waals surface area (Å²) in [7, 11) is 0. The number of amides is 1. The third-order valence-electron chi connectivity index (χ3n) is 2.25. The van der Waals surface area contributed by atoms with Crippen LogP contribution in [0.25, 0.3) is 0 Å². The smallest absolute Gasteiger partial charge is 0.336 e. The molecule has 2 rings (SSSR count). The number of anilines is 1. The number of carbonyl (C=O) groups excluding carboxylic acids is 1. The first-order valence-electron chi connectivity index (χ1n) is 5.07. The molecule has 0 aliphatic rings. The lowest BCUT2D eigenvalue weighted by molar-refractivity contribution is 0.0695. The molecule has 19 heavy (non-hydrogen) atoms. The lowest BCUT2D eigenvalue weighted by atomic mass is 10.2.